The summed E-state index contributed by atoms with van der Waals surface area (Å²) in [6.07, 6.45) is 1.61. The van der Waals surface area contributed by atoms with Crippen molar-refractivity contribution in [1.29, 1.82) is 0 Å². The van der Waals surface area contributed by atoms with Gasteiger partial charge in [-0.25, -0.2) is 4.79 Å². The third-order valence-electron chi connectivity index (χ3n) is 2.38. The van der Waals surface area contributed by atoms with Gasteiger partial charge >= 0.3 is 5.97 Å². The van der Waals surface area contributed by atoms with E-state index in [-0.39, 0.29) is 16.3 Å². The maximum atomic E-state index is 11.7. The summed E-state index contributed by atoms with van der Waals surface area (Å²) in [6.45, 7) is 3.62. The molecule has 1 unspecified atom stereocenters. The van der Waals surface area contributed by atoms with Gasteiger partial charge in [-0.2, -0.15) is 0 Å². The molecular formula is C11H15NO4S. The number of amides is 1. The lowest BCUT2D eigenvalue weighted by atomic mass is 10.4. The van der Waals surface area contributed by atoms with E-state index in [2.05, 4.69) is 4.74 Å². The fourth-order valence-corrected chi connectivity index (χ4v) is 2.56. The van der Waals surface area contributed by atoms with Crippen LogP contribution in [0, 0.1) is 0 Å². The lowest BCUT2D eigenvalue weighted by Crippen LogP contribution is -2.24. The molecule has 5 nitrogen and oxygen atoms in total. The third kappa shape index (κ3) is 3.89. The molecule has 0 aromatic rings. The van der Waals surface area contributed by atoms with Crippen LogP contribution in [0.25, 0.3) is 0 Å². The van der Waals surface area contributed by atoms with Crippen molar-refractivity contribution in [3.05, 3.63) is 11.8 Å². The summed E-state index contributed by atoms with van der Waals surface area (Å²) in [5, 5.41) is -0.0275. The van der Waals surface area contributed by atoms with E-state index in [0.29, 0.717) is 18.7 Å². The number of carbonyl (C=O) groups is 3. The van der Waals surface area contributed by atoms with E-state index in [1.807, 2.05) is 0 Å². The van der Waals surface area contributed by atoms with Crippen molar-refractivity contribution < 1.29 is 19.1 Å². The Morgan fingerprint density at radius 1 is 1.47 bits per heavy atom. The molecule has 0 aromatic heterocycles. The van der Waals surface area contributed by atoms with Crippen molar-refractivity contribution in [1.82, 2.24) is 4.90 Å². The number of hydrogen-bond acceptors (Lipinski definition) is 5. The standard InChI is InChI=1S/C11H15NO4S/c1-7(4-11(15)16-3)12-6-9(5-10(12)14)17-8(2)13/h4,9H,5-6H2,1-3H3. The number of nitrogens with zero attached hydrogens (tertiary/aromatic N) is 1. The summed E-state index contributed by atoms with van der Waals surface area (Å²) >= 11 is 1.17. The van der Waals surface area contributed by atoms with Gasteiger partial charge in [-0.3, -0.25) is 9.59 Å². The van der Waals surface area contributed by atoms with Gasteiger partial charge in [0.25, 0.3) is 0 Å². The van der Waals surface area contributed by atoms with Gasteiger partial charge in [0.05, 0.1) is 7.11 Å². The van der Waals surface area contributed by atoms with Crippen LogP contribution in [0.5, 0.6) is 0 Å². The average molecular weight is 257 g/mol. The van der Waals surface area contributed by atoms with Crippen molar-refractivity contribution in [3.63, 3.8) is 0 Å². The minimum Gasteiger partial charge on any atom is -0.466 e. The Balaban J connectivity index is 2.67. The minimum atomic E-state index is -0.488. The lowest BCUT2D eigenvalue weighted by molar-refractivity contribution is -0.135. The van der Waals surface area contributed by atoms with Crippen LogP contribution < -0.4 is 0 Å². The Morgan fingerprint density at radius 3 is 2.65 bits per heavy atom. The monoisotopic (exact) mass is 257 g/mol. The van der Waals surface area contributed by atoms with Crippen molar-refractivity contribution in [2.24, 2.45) is 0 Å². The quantitative estimate of drug-likeness (QED) is 0.556. The van der Waals surface area contributed by atoms with Gasteiger partial charge in [0.2, 0.25) is 5.91 Å². The zero-order valence-corrected chi connectivity index (χ0v) is 10.9. The lowest BCUT2D eigenvalue weighted by Gasteiger charge is -2.16. The van der Waals surface area contributed by atoms with Crippen LogP contribution in [0.4, 0.5) is 0 Å². The number of methoxy groups -OCH3 is 1. The predicted molar refractivity (Wildman–Crippen MR) is 64.2 cm³/mol. The highest BCUT2D eigenvalue weighted by Crippen LogP contribution is 2.26. The molecule has 1 rings (SSSR count). The number of rotatable bonds is 3. The Morgan fingerprint density at radius 2 is 2.12 bits per heavy atom. The highest BCUT2D eigenvalue weighted by atomic mass is 32.2. The molecule has 0 N–H and O–H groups in total. The molecule has 17 heavy (non-hydrogen) atoms. The highest BCUT2D eigenvalue weighted by molar-refractivity contribution is 8.14. The smallest absolute Gasteiger partial charge is 0.332 e. The number of carbonyl (C=O) groups excluding carboxylic acids is 3. The maximum Gasteiger partial charge on any atom is 0.332 e. The van der Waals surface area contributed by atoms with Gasteiger partial charge in [-0.05, 0) is 6.92 Å². The van der Waals surface area contributed by atoms with Crippen LogP contribution in [0.2, 0.25) is 0 Å². The number of allylic oxidation sites excluding steroid dienone is 1. The average Bonchev–Trinajstić information content (AvgIpc) is 2.58. The second-order valence-corrected chi connectivity index (χ2v) is 5.23. The molecule has 1 amide bonds. The molecule has 0 bridgehead atoms. The summed E-state index contributed by atoms with van der Waals surface area (Å²) < 4.78 is 4.49. The van der Waals surface area contributed by atoms with E-state index >= 15 is 0 Å². The fourth-order valence-electron chi connectivity index (χ4n) is 1.64. The summed E-state index contributed by atoms with van der Waals surface area (Å²) in [6, 6.07) is 0. The molecule has 1 aliphatic heterocycles. The summed E-state index contributed by atoms with van der Waals surface area (Å²) in [7, 11) is 1.28. The fraction of sp³-hybridized carbons (Fsp3) is 0.545. The van der Waals surface area contributed by atoms with Crippen molar-refractivity contribution >= 4 is 28.8 Å². The molecule has 6 heteroatoms. The first-order valence-corrected chi connectivity index (χ1v) is 6.06. The first-order chi connectivity index (χ1) is 7.93. The first-order valence-electron chi connectivity index (χ1n) is 5.18. The maximum absolute atomic E-state index is 11.7. The molecule has 0 spiro atoms. The molecule has 1 fully saturated rings. The second-order valence-electron chi connectivity index (χ2n) is 3.75. The number of ether oxygens (including phenoxy) is 1. The van der Waals surface area contributed by atoms with Crippen LogP contribution >= 0.6 is 11.8 Å². The normalized spacial score (nSPS) is 20.6. The van der Waals surface area contributed by atoms with E-state index in [4.69, 9.17) is 0 Å². The highest BCUT2D eigenvalue weighted by Gasteiger charge is 2.31. The van der Waals surface area contributed by atoms with E-state index in [1.54, 1.807) is 6.92 Å². The third-order valence-corrected chi connectivity index (χ3v) is 3.36. The van der Waals surface area contributed by atoms with Gasteiger partial charge in [0.1, 0.15) is 0 Å². The van der Waals surface area contributed by atoms with Gasteiger partial charge < -0.3 is 9.64 Å². The second kappa shape index (κ2) is 5.86. The number of hydrogen-bond donors (Lipinski definition) is 0. The summed E-state index contributed by atoms with van der Waals surface area (Å²) in [5.74, 6) is -0.556. The first kappa shape index (κ1) is 13.8. The molecule has 1 heterocycles. The molecule has 0 aliphatic carbocycles. The topological polar surface area (TPSA) is 63.7 Å². The Labute approximate surface area is 104 Å². The van der Waals surface area contributed by atoms with E-state index in [1.165, 1.54) is 36.8 Å². The summed E-state index contributed by atoms with van der Waals surface area (Å²) in [5.41, 5.74) is 0.550. The predicted octanol–water partition coefficient (Wildman–Crippen LogP) is 0.944. The number of thioether (sulfide) groups is 1. The van der Waals surface area contributed by atoms with E-state index < -0.39 is 5.97 Å². The van der Waals surface area contributed by atoms with Crippen molar-refractivity contribution in [2.45, 2.75) is 25.5 Å². The largest absolute Gasteiger partial charge is 0.466 e. The zero-order valence-electron chi connectivity index (χ0n) is 10.1. The number of likely N-dealkylation sites (tertiary alicyclic amines) is 1. The molecular weight excluding hydrogens is 242 g/mol. The number of esters is 1. The molecule has 1 aliphatic rings. The molecule has 0 aromatic carbocycles. The van der Waals surface area contributed by atoms with Gasteiger partial charge in [0, 0.05) is 36.9 Å². The molecule has 94 valence electrons. The molecule has 0 radical (unpaired) electrons. The van der Waals surface area contributed by atoms with Crippen LogP contribution in [0.15, 0.2) is 11.8 Å². The molecule has 0 saturated carbocycles. The van der Waals surface area contributed by atoms with Crippen LogP contribution in [0.1, 0.15) is 20.3 Å². The summed E-state index contributed by atoms with van der Waals surface area (Å²) in [4.78, 5) is 35.2. The van der Waals surface area contributed by atoms with Crippen LogP contribution in [0.3, 0.4) is 0 Å². The van der Waals surface area contributed by atoms with Crippen molar-refractivity contribution in [3.8, 4) is 0 Å². The zero-order chi connectivity index (χ0) is 13.0. The van der Waals surface area contributed by atoms with Gasteiger partial charge in [-0.15, -0.1) is 0 Å². The SMILES string of the molecule is COC(=O)C=C(C)N1CC(SC(C)=O)CC1=O. The Hall–Kier alpha value is -1.30. The van der Waals surface area contributed by atoms with Crippen LogP contribution in [-0.4, -0.2) is 40.8 Å². The van der Waals surface area contributed by atoms with Crippen molar-refractivity contribution in [2.75, 3.05) is 13.7 Å². The van der Waals surface area contributed by atoms with Crippen LogP contribution in [-0.2, 0) is 19.1 Å². The van der Waals surface area contributed by atoms with E-state index in [9.17, 15) is 14.4 Å². The van der Waals surface area contributed by atoms with Gasteiger partial charge in [-0.1, -0.05) is 11.8 Å². The molecule has 1 saturated heterocycles. The van der Waals surface area contributed by atoms with E-state index in [0.717, 1.165) is 0 Å². The van der Waals surface area contributed by atoms with Gasteiger partial charge in [0.15, 0.2) is 5.12 Å². The minimum absolute atomic E-state index is 0.000694. The Kier molecular flexibility index (Phi) is 4.74. The molecule has 1 atom stereocenters. The Bertz CT molecular complexity index is 378.